The van der Waals surface area contributed by atoms with E-state index in [1.54, 1.807) is 13.2 Å². The molecule has 7 nitrogen and oxygen atoms in total. The Morgan fingerprint density at radius 1 is 1.48 bits per heavy atom. The van der Waals surface area contributed by atoms with Crippen molar-refractivity contribution in [2.75, 3.05) is 26.8 Å². The predicted octanol–water partition coefficient (Wildman–Crippen LogP) is 1.11. The smallest absolute Gasteiger partial charge is 0.311 e. The maximum absolute atomic E-state index is 12.5. The fraction of sp³-hybridized carbons (Fsp3) is 0.562. The number of ether oxygens (including phenoxy) is 1. The van der Waals surface area contributed by atoms with Gasteiger partial charge in [-0.05, 0) is 37.8 Å². The molecule has 1 atom stereocenters. The highest BCUT2D eigenvalue weighted by atomic mass is 16.5. The van der Waals surface area contributed by atoms with Crippen molar-refractivity contribution in [3.8, 4) is 0 Å². The number of carboxylic acids is 1. The Balaban J connectivity index is 2.18. The monoisotopic (exact) mass is 322 g/mol. The Kier molecular flexibility index (Phi) is 5.54. The summed E-state index contributed by atoms with van der Waals surface area (Å²) in [6, 6.07) is 3.05. The van der Waals surface area contributed by atoms with Gasteiger partial charge in [-0.1, -0.05) is 0 Å². The summed E-state index contributed by atoms with van der Waals surface area (Å²) in [5.41, 5.74) is -1.37. The lowest BCUT2D eigenvalue weighted by atomic mass is 9.76. The number of nitrogens with one attached hydrogen (secondary N) is 1. The number of carboxylic acid groups (broad SMARTS) is 1. The van der Waals surface area contributed by atoms with Crippen LogP contribution < -0.4 is 5.56 Å². The topological polar surface area (TPSA) is 99.7 Å². The fourth-order valence-electron chi connectivity index (χ4n) is 3.11. The predicted molar refractivity (Wildman–Crippen MR) is 83.4 cm³/mol. The Bertz CT molecular complexity index is 627. The number of hydrogen-bond donors (Lipinski definition) is 2. The zero-order valence-corrected chi connectivity index (χ0v) is 13.2. The van der Waals surface area contributed by atoms with E-state index in [0.717, 1.165) is 0 Å². The lowest BCUT2D eigenvalue weighted by Crippen LogP contribution is -2.50. The van der Waals surface area contributed by atoms with Gasteiger partial charge in [0.1, 0.15) is 5.56 Å². The molecule has 0 radical (unpaired) electrons. The molecule has 0 bridgehead atoms. The van der Waals surface area contributed by atoms with Gasteiger partial charge in [0.05, 0.1) is 5.41 Å². The van der Waals surface area contributed by atoms with Crippen LogP contribution in [0.1, 0.15) is 36.0 Å². The third-order valence-corrected chi connectivity index (χ3v) is 4.37. The van der Waals surface area contributed by atoms with E-state index in [2.05, 4.69) is 4.98 Å². The summed E-state index contributed by atoms with van der Waals surface area (Å²) < 4.78 is 5.00. The lowest BCUT2D eigenvalue weighted by Gasteiger charge is -2.40. The van der Waals surface area contributed by atoms with Crippen molar-refractivity contribution < 1.29 is 19.4 Å². The van der Waals surface area contributed by atoms with E-state index in [0.29, 0.717) is 38.8 Å². The summed E-state index contributed by atoms with van der Waals surface area (Å²) in [6.07, 6.45) is 3.67. The number of nitrogens with zero attached hydrogens (tertiary/aromatic N) is 1. The highest BCUT2D eigenvalue weighted by Crippen LogP contribution is 2.35. The van der Waals surface area contributed by atoms with Crippen LogP contribution in [0.3, 0.4) is 0 Å². The van der Waals surface area contributed by atoms with Crippen molar-refractivity contribution in [2.45, 2.75) is 25.7 Å². The highest BCUT2D eigenvalue weighted by Gasteiger charge is 2.43. The number of methoxy groups -OCH3 is 1. The van der Waals surface area contributed by atoms with Gasteiger partial charge in [0.15, 0.2) is 0 Å². The Morgan fingerprint density at radius 3 is 2.91 bits per heavy atom. The minimum absolute atomic E-state index is 0.0468. The van der Waals surface area contributed by atoms with Crippen LogP contribution in [0, 0.1) is 5.41 Å². The summed E-state index contributed by atoms with van der Waals surface area (Å²) in [7, 11) is 1.58. The van der Waals surface area contributed by atoms with Crippen LogP contribution in [0.25, 0.3) is 0 Å². The summed E-state index contributed by atoms with van der Waals surface area (Å²) in [5.74, 6) is -1.31. The number of piperidine rings is 1. The summed E-state index contributed by atoms with van der Waals surface area (Å²) in [6.45, 7) is 1.08. The number of aromatic amines is 1. The summed E-state index contributed by atoms with van der Waals surface area (Å²) in [4.78, 5) is 40.1. The van der Waals surface area contributed by atoms with E-state index in [1.807, 2.05) is 0 Å². The molecule has 1 amide bonds. The third kappa shape index (κ3) is 3.79. The maximum atomic E-state index is 12.5. The van der Waals surface area contributed by atoms with Crippen molar-refractivity contribution in [2.24, 2.45) is 5.41 Å². The number of likely N-dealkylation sites (tertiary alicyclic amines) is 1. The molecule has 0 aromatic carbocycles. The normalized spacial score (nSPS) is 21.2. The molecule has 7 heteroatoms. The van der Waals surface area contributed by atoms with Gasteiger partial charge in [0.25, 0.3) is 11.5 Å². The number of pyridine rings is 1. The van der Waals surface area contributed by atoms with Crippen LogP contribution in [0.15, 0.2) is 23.1 Å². The number of rotatable bonds is 6. The molecular formula is C16H22N2O5. The molecule has 2 rings (SSSR count). The molecule has 126 valence electrons. The average Bonchev–Trinajstić information content (AvgIpc) is 2.55. The van der Waals surface area contributed by atoms with Gasteiger partial charge in [-0.2, -0.15) is 0 Å². The van der Waals surface area contributed by atoms with Crippen molar-refractivity contribution in [1.29, 1.82) is 0 Å². The van der Waals surface area contributed by atoms with Crippen LogP contribution in [0.5, 0.6) is 0 Å². The van der Waals surface area contributed by atoms with Crippen molar-refractivity contribution in [1.82, 2.24) is 9.88 Å². The van der Waals surface area contributed by atoms with E-state index in [-0.39, 0.29) is 12.1 Å². The van der Waals surface area contributed by atoms with Crippen molar-refractivity contribution in [3.05, 3.63) is 34.2 Å². The number of amides is 1. The molecular weight excluding hydrogens is 300 g/mol. The Hall–Kier alpha value is -2.15. The number of H-pyrrole nitrogens is 1. The molecule has 2 N–H and O–H groups in total. The first-order valence-corrected chi connectivity index (χ1v) is 7.69. The van der Waals surface area contributed by atoms with Crippen molar-refractivity contribution in [3.63, 3.8) is 0 Å². The standard InChI is InChI=1S/C16H22N2O5/c1-23-10-4-7-16(15(21)22)6-3-9-18(11-16)14(20)12-5-2-8-17-13(12)19/h2,5,8H,3-4,6-7,9-11H2,1H3,(H,17,19)(H,21,22)/t16-/m1/s1. The van der Waals surface area contributed by atoms with Crippen LogP contribution in [0.4, 0.5) is 0 Å². The van der Waals surface area contributed by atoms with Crippen LogP contribution in [-0.2, 0) is 9.53 Å². The number of carbonyl (C=O) groups is 2. The van der Waals surface area contributed by atoms with E-state index >= 15 is 0 Å². The van der Waals surface area contributed by atoms with E-state index in [9.17, 15) is 19.5 Å². The number of aromatic nitrogens is 1. The molecule has 1 aliphatic rings. The zero-order chi connectivity index (χ0) is 16.9. The molecule has 23 heavy (non-hydrogen) atoms. The molecule has 1 aromatic rings. The first-order chi connectivity index (χ1) is 11.0. The van der Waals surface area contributed by atoms with E-state index in [1.165, 1.54) is 17.2 Å². The fourth-order valence-corrected chi connectivity index (χ4v) is 3.11. The minimum atomic E-state index is -0.964. The SMILES string of the molecule is COCCC[C@]1(C(=O)O)CCCN(C(=O)c2ccc[nH]c2=O)C1. The summed E-state index contributed by atoms with van der Waals surface area (Å²) >= 11 is 0. The van der Waals surface area contributed by atoms with Gasteiger partial charge in [-0.25, -0.2) is 0 Å². The molecule has 1 aliphatic heterocycles. The van der Waals surface area contributed by atoms with Gasteiger partial charge in [0.2, 0.25) is 0 Å². The molecule has 0 aliphatic carbocycles. The number of carbonyl (C=O) groups excluding carboxylic acids is 1. The average molecular weight is 322 g/mol. The lowest BCUT2D eigenvalue weighted by molar-refractivity contribution is -0.152. The zero-order valence-electron chi connectivity index (χ0n) is 13.2. The van der Waals surface area contributed by atoms with E-state index in [4.69, 9.17) is 4.74 Å². The largest absolute Gasteiger partial charge is 0.481 e. The molecule has 1 saturated heterocycles. The van der Waals surface area contributed by atoms with Gasteiger partial charge in [0, 0.05) is 33.0 Å². The second kappa shape index (κ2) is 7.41. The van der Waals surface area contributed by atoms with Gasteiger partial charge in [-0.15, -0.1) is 0 Å². The second-order valence-corrected chi connectivity index (χ2v) is 5.93. The molecule has 0 unspecified atom stereocenters. The minimum Gasteiger partial charge on any atom is -0.481 e. The third-order valence-electron chi connectivity index (χ3n) is 4.37. The first kappa shape index (κ1) is 17.2. The number of aliphatic carboxylic acids is 1. The maximum Gasteiger partial charge on any atom is 0.311 e. The first-order valence-electron chi connectivity index (χ1n) is 7.69. The molecule has 1 fully saturated rings. The van der Waals surface area contributed by atoms with Gasteiger partial charge < -0.3 is 19.7 Å². The van der Waals surface area contributed by atoms with Crippen LogP contribution in [-0.4, -0.2) is 53.7 Å². The van der Waals surface area contributed by atoms with Crippen LogP contribution in [0.2, 0.25) is 0 Å². The quantitative estimate of drug-likeness (QED) is 0.764. The molecule has 1 aromatic heterocycles. The molecule has 0 spiro atoms. The molecule has 0 saturated carbocycles. The molecule has 2 heterocycles. The Morgan fingerprint density at radius 2 is 2.26 bits per heavy atom. The summed E-state index contributed by atoms with van der Waals surface area (Å²) in [5, 5.41) is 9.67. The Labute approximate surface area is 134 Å². The highest BCUT2D eigenvalue weighted by molar-refractivity contribution is 5.94. The van der Waals surface area contributed by atoms with Crippen LogP contribution >= 0.6 is 0 Å². The second-order valence-electron chi connectivity index (χ2n) is 5.93. The van der Waals surface area contributed by atoms with Gasteiger partial charge in [-0.3, -0.25) is 14.4 Å². The number of hydrogen-bond acceptors (Lipinski definition) is 4. The van der Waals surface area contributed by atoms with E-state index < -0.39 is 22.9 Å². The van der Waals surface area contributed by atoms with Gasteiger partial charge >= 0.3 is 5.97 Å². The van der Waals surface area contributed by atoms with Crippen molar-refractivity contribution >= 4 is 11.9 Å².